The van der Waals surface area contributed by atoms with Crippen molar-refractivity contribution in [2.45, 2.75) is 39.4 Å². The summed E-state index contributed by atoms with van der Waals surface area (Å²) in [4.78, 5) is 26.2. The Morgan fingerprint density at radius 3 is 2.56 bits per heavy atom. The Morgan fingerprint density at radius 2 is 1.85 bits per heavy atom. The van der Waals surface area contributed by atoms with Crippen LogP contribution in [0.15, 0.2) is 48.5 Å². The average molecular weight is 366 g/mol. The number of nitrogens with zero attached hydrogens (tertiary/aromatic N) is 1. The van der Waals surface area contributed by atoms with Crippen molar-refractivity contribution in [3.8, 4) is 0 Å². The van der Waals surface area contributed by atoms with Crippen molar-refractivity contribution in [1.29, 1.82) is 0 Å². The largest absolute Gasteiger partial charge is 0.480 e. The fraction of sp³-hybridized carbons (Fsp3) is 0.364. The molecular formula is C22H26N2O3. The Hall–Kier alpha value is -2.66. The first kappa shape index (κ1) is 19.1. The lowest BCUT2D eigenvalue weighted by Crippen LogP contribution is -2.44. The first-order chi connectivity index (χ1) is 12.9. The Labute approximate surface area is 160 Å². The molecular weight excluding hydrogens is 340 g/mol. The highest BCUT2D eigenvalue weighted by molar-refractivity contribution is 5.96. The second kappa shape index (κ2) is 8.35. The molecule has 0 aliphatic carbocycles. The predicted molar refractivity (Wildman–Crippen MR) is 104 cm³/mol. The van der Waals surface area contributed by atoms with Crippen molar-refractivity contribution in [1.82, 2.24) is 10.2 Å². The SMILES string of the molecule is CC(C)[C@H](NC(=O)c1cccc(CN2CCc3ccccc3C2)c1)C(=O)O. The van der Waals surface area contributed by atoms with Crippen molar-refractivity contribution in [2.75, 3.05) is 6.54 Å². The minimum Gasteiger partial charge on any atom is -0.480 e. The Kier molecular flexibility index (Phi) is 5.91. The molecule has 3 rings (SSSR count). The maximum Gasteiger partial charge on any atom is 0.326 e. The standard InChI is InChI=1S/C22H26N2O3/c1-15(2)20(22(26)27)23-21(25)18-9-5-6-16(12-18)13-24-11-10-17-7-3-4-8-19(17)14-24/h3-9,12,15,20H,10-11,13-14H2,1-2H3,(H,23,25)(H,26,27)/t20-/m0/s1. The molecule has 0 radical (unpaired) electrons. The number of hydrogen-bond acceptors (Lipinski definition) is 3. The summed E-state index contributed by atoms with van der Waals surface area (Å²) in [7, 11) is 0. The normalized spacial score (nSPS) is 15.2. The number of carboxylic acid groups (broad SMARTS) is 1. The van der Waals surface area contributed by atoms with E-state index in [1.54, 1.807) is 19.9 Å². The smallest absolute Gasteiger partial charge is 0.326 e. The summed E-state index contributed by atoms with van der Waals surface area (Å²) in [5.74, 6) is -1.54. The van der Waals surface area contributed by atoms with E-state index in [1.165, 1.54) is 11.1 Å². The van der Waals surface area contributed by atoms with Gasteiger partial charge in [0.25, 0.3) is 5.91 Å². The monoisotopic (exact) mass is 366 g/mol. The molecule has 0 saturated heterocycles. The summed E-state index contributed by atoms with van der Waals surface area (Å²) in [6.07, 6.45) is 1.03. The molecule has 0 saturated carbocycles. The highest BCUT2D eigenvalue weighted by Crippen LogP contribution is 2.20. The minimum atomic E-state index is -1.01. The summed E-state index contributed by atoms with van der Waals surface area (Å²) < 4.78 is 0. The van der Waals surface area contributed by atoms with E-state index in [0.29, 0.717) is 5.56 Å². The second-order valence-corrected chi connectivity index (χ2v) is 7.46. The van der Waals surface area contributed by atoms with Crippen LogP contribution in [-0.4, -0.2) is 34.5 Å². The summed E-state index contributed by atoms with van der Waals surface area (Å²) in [6, 6.07) is 15.1. The third-order valence-corrected chi connectivity index (χ3v) is 5.02. The molecule has 1 heterocycles. The number of rotatable bonds is 6. The van der Waals surface area contributed by atoms with Gasteiger partial charge in [-0.2, -0.15) is 0 Å². The van der Waals surface area contributed by atoms with Gasteiger partial charge < -0.3 is 10.4 Å². The predicted octanol–water partition coefficient (Wildman–Crippen LogP) is 3.08. The molecule has 2 N–H and O–H groups in total. The van der Waals surface area contributed by atoms with E-state index in [9.17, 15) is 14.7 Å². The Balaban J connectivity index is 1.67. The molecule has 0 spiro atoms. The van der Waals surface area contributed by atoms with E-state index >= 15 is 0 Å². The van der Waals surface area contributed by atoms with Crippen LogP contribution in [0.4, 0.5) is 0 Å². The van der Waals surface area contributed by atoms with Crippen LogP contribution in [0.1, 0.15) is 40.9 Å². The Morgan fingerprint density at radius 1 is 1.11 bits per heavy atom. The molecule has 2 aromatic carbocycles. The van der Waals surface area contributed by atoms with Gasteiger partial charge >= 0.3 is 5.97 Å². The topological polar surface area (TPSA) is 69.6 Å². The summed E-state index contributed by atoms with van der Waals surface area (Å²) in [6.45, 7) is 6.22. The zero-order valence-corrected chi connectivity index (χ0v) is 15.8. The van der Waals surface area contributed by atoms with E-state index in [2.05, 4.69) is 34.5 Å². The number of aliphatic carboxylic acids is 1. The van der Waals surface area contributed by atoms with Gasteiger partial charge in [0.15, 0.2) is 0 Å². The van der Waals surface area contributed by atoms with Gasteiger partial charge in [0.2, 0.25) is 0 Å². The van der Waals surface area contributed by atoms with Crippen LogP contribution < -0.4 is 5.32 Å². The minimum absolute atomic E-state index is 0.178. The Bertz CT molecular complexity index is 832. The van der Waals surface area contributed by atoms with Crippen LogP contribution in [0.5, 0.6) is 0 Å². The molecule has 5 heteroatoms. The number of carbonyl (C=O) groups is 2. The van der Waals surface area contributed by atoms with Crippen molar-refractivity contribution in [2.24, 2.45) is 5.92 Å². The third kappa shape index (κ3) is 4.74. The summed E-state index contributed by atoms with van der Waals surface area (Å²) in [5, 5.41) is 11.9. The van der Waals surface area contributed by atoms with Crippen LogP contribution in [0.3, 0.4) is 0 Å². The number of carbonyl (C=O) groups excluding carboxylic acids is 1. The molecule has 0 fully saturated rings. The van der Waals surface area contributed by atoms with E-state index in [-0.39, 0.29) is 11.8 Å². The molecule has 2 aromatic rings. The highest BCUT2D eigenvalue weighted by Gasteiger charge is 2.24. The molecule has 1 atom stereocenters. The van der Waals surface area contributed by atoms with Gasteiger partial charge in [0, 0.05) is 25.2 Å². The molecule has 0 unspecified atom stereocenters. The fourth-order valence-corrected chi connectivity index (χ4v) is 3.50. The first-order valence-corrected chi connectivity index (χ1v) is 9.36. The van der Waals surface area contributed by atoms with Gasteiger partial charge in [0.1, 0.15) is 6.04 Å². The quantitative estimate of drug-likeness (QED) is 0.824. The lowest BCUT2D eigenvalue weighted by Gasteiger charge is -2.28. The van der Waals surface area contributed by atoms with Crippen LogP contribution >= 0.6 is 0 Å². The van der Waals surface area contributed by atoms with Gasteiger partial charge in [-0.15, -0.1) is 0 Å². The third-order valence-electron chi connectivity index (χ3n) is 5.02. The molecule has 142 valence electrons. The van der Waals surface area contributed by atoms with Crippen molar-refractivity contribution in [3.63, 3.8) is 0 Å². The number of hydrogen-bond donors (Lipinski definition) is 2. The van der Waals surface area contributed by atoms with Gasteiger partial charge in [-0.25, -0.2) is 4.79 Å². The number of benzene rings is 2. The molecule has 1 aliphatic heterocycles. The molecule has 0 aromatic heterocycles. The number of carboxylic acids is 1. The highest BCUT2D eigenvalue weighted by atomic mass is 16.4. The lowest BCUT2D eigenvalue weighted by atomic mass is 9.99. The van der Waals surface area contributed by atoms with Crippen molar-refractivity contribution >= 4 is 11.9 Å². The van der Waals surface area contributed by atoms with Crippen molar-refractivity contribution in [3.05, 3.63) is 70.8 Å². The lowest BCUT2D eigenvalue weighted by molar-refractivity contribution is -0.140. The molecule has 27 heavy (non-hydrogen) atoms. The second-order valence-electron chi connectivity index (χ2n) is 7.46. The van der Waals surface area contributed by atoms with E-state index < -0.39 is 12.0 Å². The molecule has 5 nitrogen and oxygen atoms in total. The fourth-order valence-electron chi connectivity index (χ4n) is 3.50. The maximum absolute atomic E-state index is 12.5. The van der Waals surface area contributed by atoms with Crippen molar-refractivity contribution < 1.29 is 14.7 Å². The van der Waals surface area contributed by atoms with Crippen LogP contribution in [0.25, 0.3) is 0 Å². The summed E-state index contributed by atoms with van der Waals surface area (Å²) >= 11 is 0. The molecule has 0 bridgehead atoms. The maximum atomic E-state index is 12.5. The van der Waals surface area contributed by atoms with Gasteiger partial charge in [-0.3, -0.25) is 9.69 Å². The van der Waals surface area contributed by atoms with Crippen LogP contribution in [-0.2, 0) is 24.3 Å². The zero-order valence-electron chi connectivity index (χ0n) is 15.8. The van der Waals surface area contributed by atoms with Gasteiger partial charge in [0.05, 0.1) is 0 Å². The molecule has 1 amide bonds. The van der Waals surface area contributed by atoms with E-state index in [4.69, 9.17) is 0 Å². The number of amides is 1. The number of nitrogens with one attached hydrogen (secondary N) is 1. The van der Waals surface area contributed by atoms with E-state index in [1.807, 2.05) is 18.2 Å². The number of fused-ring (bicyclic) bond motifs is 1. The van der Waals surface area contributed by atoms with Gasteiger partial charge in [-0.1, -0.05) is 50.2 Å². The molecule has 1 aliphatic rings. The van der Waals surface area contributed by atoms with E-state index in [0.717, 1.165) is 31.6 Å². The first-order valence-electron chi connectivity index (χ1n) is 9.36. The zero-order chi connectivity index (χ0) is 19.4. The summed E-state index contributed by atoms with van der Waals surface area (Å²) in [5.41, 5.74) is 4.32. The van der Waals surface area contributed by atoms with Crippen LogP contribution in [0, 0.1) is 5.92 Å². The van der Waals surface area contributed by atoms with Gasteiger partial charge in [-0.05, 0) is 41.2 Å². The van der Waals surface area contributed by atoms with Crippen LogP contribution in [0.2, 0.25) is 0 Å². The average Bonchev–Trinajstić information content (AvgIpc) is 2.65.